The second-order valence-corrected chi connectivity index (χ2v) is 8.19. The number of halogens is 1. The van der Waals surface area contributed by atoms with Crippen molar-refractivity contribution in [2.24, 2.45) is 0 Å². The molecule has 0 saturated carbocycles. The number of hydrogen-bond acceptors (Lipinski definition) is 5. The van der Waals surface area contributed by atoms with Crippen molar-refractivity contribution < 1.29 is 19.1 Å². The van der Waals surface area contributed by atoms with Crippen molar-refractivity contribution in [3.05, 3.63) is 75.4 Å². The predicted octanol–water partition coefficient (Wildman–Crippen LogP) is 3.83. The standard InChI is InChI=1S/C25H29ClN2O4/c1-17-9-10-19(15-18(17)2)22-23(27(11-13-31-3)12-14-32-4)25(30)28(24(22)29)16-20-7-5-6-8-21(20)26/h5-10,15H,11-14,16H2,1-4H3. The van der Waals surface area contributed by atoms with Crippen LogP contribution in [-0.2, 0) is 25.6 Å². The van der Waals surface area contributed by atoms with Crippen LogP contribution in [0.4, 0.5) is 0 Å². The van der Waals surface area contributed by atoms with E-state index in [0.29, 0.717) is 42.6 Å². The van der Waals surface area contributed by atoms with Crippen molar-refractivity contribution in [3.8, 4) is 0 Å². The number of amides is 2. The third-order valence-electron chi connectivity index (χ3n) is 5.67. The zero-order valence-electron chi connectivity index (χ0n) is 19.0. The molecule has 1 aliphatic rings. The molecule has 170 valence electrons. The lowest BCUT2D eigenvalue weighted by atomic mass is 9.99. The normalized spacial score (nSPS) is 14.0. The van der Waals surface area contributed by atoms with E-state index < -0.39 is 0 Å². The number of ether oxygens (including phenoxy) is 2. The molecule has 2 aromatic carbocycles. The molecule has 0 aliphatic carbocycles. The first kappa shape index (κ1) is 24.0. The third-order valence-corrected chi connectivity index (χ3v) is 6.04. The van der Waals surface area contributed by atoms with E-state index in [1.165, 1.54) is 4.90 Å². The largest absolute Gasteiger partial charge is 0.383 e. The molecule has 3 rings (SSSR count). The van der Waals surface area contributed by atoms with Gasteiger partial charge in [-0.3, -0.25) is 14.5 Å². The van der Waals surface area contributed by atoms with Crippen LogP contribution in [-0.4, -0.2) is 62.1 Å². The fourth-order valence-corrected chi connectivity index (χ4v) is 3.89. The highest BCUT2D eigenvalue weighted by Crippen LogP contribution is 2.34. The Morgan fingerprint density at radius 3 is 2.16 bits per heavy atom. The molecule has 1 heterocycles. The summed E-state index contributed by atoms with van der Waals surface area (Å²) in [6, 6.07) is 13.1. The quantitative estimate of drug-likeness (QED) is 0.508. The maximum atomic E-state index is 13.6. The number of aryl methyl sites for hydroxylation is 2. The molecule has 7 heteroatoms. The van der Waals surface area contributed by atoms with Crippen molar-refractivity contribution in [2.45, 2.75) is 20.4 Å². The minimum atomic E-state index is -0.338. The van der Waals surface area contributed by atoms with Crippen molar-refractivity contribution in [2.75, 3.05) is 40.5 Å². The van der Waals surface area contributed by atoms with Gasteiger partial charge in [0.25, 0.3) is 11.8 Å². The average molecular weight is 457 g/mol. The Balaban J connectivity index is 2.08. The molecule has 0 spiro atoms. The van der Waals surface area contributed by atoms with E-state index >= 15 is 0 Å². The van der Waals surface area contributed by atoms with Crippen molar-refractivity contribution in [1.29, 1.82) is 0 Å². The van der Waals surface area contributed by atoms with E-state index in [2.05, 4.69) is 0 Å². The van der Waals surface area contributed by atoms with Gasteiger partial charge in [-0.05, 0) is 42.2 Å². The van der Waals surface area contributed by atoms with Crippen LogP contribution in [0.3, 0.4) is 0 Å². The zero-order chi connectivity index (χ0) is 23.3. The zero-order valence-corrected chi connectivity index (χ0v) is 19.7. The van der Waals surface area contributed by atoms with Gasteiger partial charge in [-0.1, -0.05) is 48.0 Å². The van der Waals surface area contributed by atoms with Crippen LogP contribution in [0.5, 0.6) is 0 Å². The Morgan fingerprint density at radius 1 is 0.906 bits per heavy atom. The minimum Gasteiger partial charge on any atom is -0.383 e. The molecule has 0 fully saturated rings. The Bertz CT molecular complexity index is 1030. The lowest BCUT2D eigenvalue weighted by molar-refractivity contribution is -0.138. The number of nitrogens with zero attached hydrogens (tertiary/aromatic N) is 2. The SMILES string of the molecule is COCCN(CCOC)C1=C(c2ccc(C)c(C)c2)C(=O)N(Cc2ccccc2Cl)C1=O. The molecular weight excluding hydrogens is 428 g/mol. The summed E-state index contributed by atoms with van der Waals surface area (Å²) < 4.78 is 10.5. The van der Waals surface area contributed by atoms with Gasteiger partial charge in [0, 0.05) is 32.3 Å². The van der Waals surface area contributed by atoms with Crippen LogP contribution < -0.4 is 0 Å². The van der Waals surface area contributed by atoms with Crippen molar-refractivity contribution >= 4 is 29.0 Å². The van der Waals surface area contributed by atoms with Gasteiger partial charge in [0.1, 0.15) is 5.70 Å². The smallest absolute Gasteiger partial charge is 0.278 e. The molecule has 0 saturated heterocycles. The van der Waals surface area contributed by atoms with Gasteiger partial charge in [0.15, 0.2) is 0 Å². The molecule has 6 nitrogen and oxygen atoms in total. The van der Waals surface area contributed by atoms with Crippen LogP contribution in [0.1, 0.15) is 22.3 Å². The van der Waals surface area contributed by atoms with Gasteiger partial charge < -0.3 is 14.4 Å². The van der Waals surface area contributed by atoms with Crippen molar-refractivity contribution in [1.82, 2.24) is 9.80 Å². The minimum absolute atomic E-state index is 0.109. The molecule has 0 aromatic heterocycles. The summed E-state index contributed by atoms with van der Waals surface area (Å²) in [6.07, 6.45) is 0. The summed E-state index contributed by atoms with van der Waals surface area (Å²) in [5.41, 5.74) is 4.40. The van der Waals surface area contributed by atoms with Gasteiger partial charge in [-0.15, -0.1) is 0 Å². The van der Waals surface area contributed by atoms with Crippen LogP contribution in [0.25, 0.3) is 5.57 Å². The average Bonchev–Trinajstić information content (AvgIpc) is 3.02. The van der Waals surface area contributed by atoms with Crippen LogP contribution in [0.2, 0.25) is 5.02 Å². The van der Waals surface area contributed by atoms with Gasteiger partial charge in [-0.25, -0.2) is 0 Å². The molecule has 0 radical (unpaired) electrons. The highest BCUT2D eigenvalue weighted by Gasteiger charge is 2.41. The molecule has 2 amide bonds. The van der Waals surface area contributed by atoms with Gasteiger partial charge in [0.2, 0.25) is 0 Å². The Kier molecular flexibility index (Phi) is 8.07. The molecule has 0 N–H and O–H groups in total. The summed E-state index contributed by atoms with van der Waals surface area (Å²) >= 11 is 6.32. The molecule has 32 heavy (non-hydrogen) atoms. The van der Waals surface area contributed by atoms with E-state index in [4.69, 9.17) is 21.1 Å². The number of carbonyl (C=O) groups is 2. The van der Waals surface area contributed by atoms with Crippen LogP contribution in [0, 0.1) is 13.8 Å². The number of hydrogen-bond donors (Lipinski definition) is 0. The van der Waals surface area contributed by atoms with Crippen molar-refractivity contribution in [3.63, 3.8) is 0 Å². The summed E-state index contributed by atoms with van der Waals surface area (Å²) in [5.74, 6) is -0.664. The Hall–Kier alpha value is -2.67. The van der Waals surface area contributed by atoms with E-state index in [1.807, 2.05) is 55.1 Å². The molecule has 0 bridgehead atoms. The number of methoxy groups -OCH3 is 2. The summed E-state index contributed by atoms with van der Waals surface area (Å²) in [6.45, 7) is 5.88. The highest BCUT2D eigenvalue weighted by molar-refractivity contribution is 6.35. The van der Waals surface area contributed by atoms with Gasteiger partial charge >= 0.3 is 0 Å². The third kappa shape index (κ3) is 5.04. The summed E-state index contributed by atoms with van der Waals surface area (Å²) in [5, 5.41) is 0.518. The van der Waals surface area contributed by atoms with Crippen LogP contribution >= 0.6 is 11.6 Å². The highest BCUT2D eigenvalue weighted by atomic mass is 35.5. The van der Waals surface area contributed by atoms with E-state index in [1.54, 1.807) is 20.3 Å². The first-order valence-corrected chi connectivity index (χ1v) is 10.9. The Labute approximate surface area is 194 Å². The summed E-state index contributed by atoms with van der Waals surface area (Å²) in [4.78, 5) is 30.4. The number of rotatable bonds is 10. The predicted molar refractivity (Wildman–Crippen MR) is 125 cm³/mol. The second-order valence-electron chi connectivity index (χ2n) is 7.78. The maximum absolute atomic E-state index is 13.6. The lowest BCUT2D eigenvalue weighted by Crippen LogP contribution is -2.37. The number of imide groups is 1. The fourth-order valence-electron chi connectivity index (χ4n) is 3.69. The lowest BCUT2D eigenvalue weighted by Gasteiger charge is -2.25. The first-order valence-electron chi connectivity index (χ1n) is 10.5. The monoisotopic (exact) mass is 456 g/mol. The molecule has 1 aliphatic heterocycles. The molecule has 2 aromatic rings. The van der Waals surface area contributed by atoms with E-state index in [-0.39, 0.29) is 18.4 Å². The number of carbonyl (C=O) groups excluding carboxylic acids is 2. The maximum Gasteiger partial charge on any atom is 0.278 e. The Morgan fingerprint density at radius 2 is 1.56 bits per heavy atom. The molecule has 0 atom stereocenters. The fraction of sp³-hybridized carbons (Fsp3) is 0.360. The molecular formula is C25H29ClN2O4. The number of benzene rings is 2. The molecule has 0 unspecified atom stereocenters. The second kappa shape index (κ2) is 10.8. The summed E-state index contributed by atoms with van der Waals surface area (Å²) in [7, 11) is 3.22. The van der Waals surface area contributed by atoms with Crippen LogP contribution in [0.15, 0.2) is 48.2 Å². The first-order chi connectivity index (χ1) is 15.4. The topological polar surface area (TPSA) is 59.1 Å². The van der Waals surface area contributed by atoms with E-state index in [0.717, 1.165) is 22.3 Å². The van der Waals surface area contributed by atoms with Gasteiger partial charge in [-0.2, -0.15) is 0 Å². The van der Waals surface area contributed by atoms with Gasteiger partial charge in [0.05, 0.1) is 25.3 Å². The van der Waals surface area contributed by atoms with E-state index in [9.17, 15) is 9.59 Å².